The minimum atomic E-state index is 0. The van der Waals surface area contributed by atoms with E-state index in [1.807, 2.05) is 25.5 Å². The van der Waals surface area contributed by atoms with Crippen LogP contribution in [-0.2, 0) is 19.5 Å². The van der Waals surface area contributed by atoms with Crippen LogP contribution in [0.15, 0.2) is 9.98 Å². The van der Waals surface area contributed by atoms with Crippen LogP contribution in [0.25, 0.3) is 0 Å². The average molecular weight is 508 g/mol. The quantitative estimate of drug-likeness (QED) is 0.157. The van der Waals surface area contributed by atoms with E-state index in [-0.39, 0.29) is 35.3 Å². The SMILES string of the molecule is CC(C)C=N[CH-]C(C)C.CC(C)C=N[CH-]C(C)C.C[PH+](C)C.C[PH+](C)C.[Ru+2]. The van der Waals surface area contributed by atoms with Gasteiger partial charge < -0.3 is 9.98 Å². The zero-order valence-electron chi connectivity index (χ0n) is 20.9. The van der Waals surface area contributed by atoms with Crippen molar-refractivity contribution in [3.63, 3.8) is 0 Å². The van der Waals surface area contributed by atoms with Gasteiger partial charge in [0.15, 0.2) is 0 Å². The third-order valence-electron chi connectivity index (χ3n) is 1.54. The molecule has 0 radical (unpaired) electrons. The fraction of sp³-hybridized carbons (Fsp3) is 0.818. The smallest absolute Gasteiger partial charge is 0.457 e. The second kappa shape index (κ2) is 28.8. The second-order valence-electron chi connectivity index (χ2n) is 8.87. The Labute approximate surface area is 189 Å². The molecular formula is C22H52N2P2Ru+2. The second-order valence-corrected chi connectivity index (χ2v) is 14.9. The first kappa shape index (κ1) is 38.2. The van der Waals surface area contributed by atoms with E-state index in [2.05, 4.69) is 105 Å². The number of hydrogen-bond acceptors (Lipinski definition) is 2. The van der Waals surface area contributed by atoms with Crippen molar-refractivity contribution in [2.24, 2.45) is 33.7 Å². The van der Waals surface area contributed by atoms with E-state index in [4.69, 9.17) is 0 Å². The van der Waals surface area contributed by atoms with Crippen LogP contribution in [0.1, 0.15) is 55.4 Å². The summed E-state index contributed by atoms with van der Waals surface area (Å²) in [5, 5.41) is 0. The molecule has 0 N–H and O–H groups in total. The monoisotopic (exact) mass is 508 g/mol. The van der Waals surface area contributed by atoms with E-state index in [1.54, 1.807) is 0 Å². The molecule has 0 aliphatic rings. The van der Waals surface area contributed by atoms with Crippen LogP contribution < -0.4 is 0 Å². The molecule has 0 aromatic heterocycles. The zero-order chi connectivity index (χ0) is 21.7. The molecule has 0 aliphatic carbocycles. The minimum Gasteiger partial charge on any atom is -0.457 e. The van der Waals surface area contributed by atoms with Gasteiger partial charge >= 0.3 is 19.5 Å². The molecule has 0 atom stereocenters. The van der Waals surface area contributed by atoms with Crippen molar-refractivity contribution < 1.29 is 19.5 Å². The van der Waals surface area contributed by atoms with Crippen LogP contribution in [0.5, 0.6) is 0 Å². The summed E-state index contributed by atoms with van der Waals surface area (Å²) in [6, 6.07) is 0. The zero-order valence-corrected chi connectivity index (χ0v) is 24.6. The normalized spacial score (nSPS) is 10.5. The molecule has 0 saturated heterocycles. The van der Waals surface area contributed by atoms with E-state index in [9.17, 15) is 0 Å². The number of nitrogens with zero attached hydrogens (tertiary/aromatic N) is 2. The van der Waals surface area contributed by atoms with E-state index in [1.165, 1.54) is 0 Å². The van der Waals surface area contributed by atoms with Crippen molar-refractivity contribution in [3.8, 4) is 0 Å². The molecule has 2 nitrogen and oxygen atoms in total. The first-order valence-corrected chi connectivity index (χ1v) is 16.0. The molecule has 0 spiro atoms. The maximum absolute atomic E-state index is 4.12. The number of rotatable bonds is 6. The Morgan fingerprint density at radius 1 is 0.556 bits per heavy atom. The summed E-state index contributed by atoms with van der Waals surface area (Å²) in [6.07, 6.45) is 3.92. The van der Waals surface area contributed by atoms with Crippen LogP contribution in [0.3, 0.4) is 0 Å². The van der Waals surface area contributed by atoms with Crippen LogP contribution in [0, 0.1) is 36.8 Å². The molecule has 0 amide bonds. The van der Waals surface area contributed by atoms with Crippen LogP contribution in [0.2, 0.25) is 0 Å². The van der Waals surface area contributed by atoms with Crippen LogP contribution in [0.4, 0.5) is 0 Å². The van der Waals surface area contributed by atoms with Crippen molar-refractivity contribution in [1.29, 1.82) is 0 Å². The molecule has 27 heavy (non-hydrogen) atoms. The third kappa shape index (κ3) is 102. The molecule has 0 aliphatic heterocycles. The Balaban J connectivity index is -0.0000000843. The molecule has 0 fully saturated rings. The maximum atomic E-state index is 4.12. The molecule has 0 aromatic rings. The van der Waals surface area contributed by atoms with Gasteiger partial charge in [-0.25, -0.2) is 0 Å². The molecule has 5 heteroatoms. The number of aliphatic imine (C=N–C) groups is 2. The van der Waals surface area contributed by atoms with Crippen molar-refractivity contribution >= 4 is 28.3 Å². The van der Waals surface area contributed by atoms with Crippen molar-refractivity contribution in [3.05, 3.63) is 13.1 Å². The Morgan fingerprint density at radius 2 is 0.741 bits per heavy atom. The van der Waals surface area contributed by atoms with E-state index < -0.39 is 0 Å². The minimum absolute atomic E-state index is 0. The van der Waals surface area contributed by atoms with Gasteiger partial charge in [-0.2, -0.15) is 0 Å². The van der Waals surface area contributed by atoms with Crippen molar-refractivity contribution in [2.75, 3.05) is 40.0 Å². The Bertz CT molecular complexity index is 265. The number of hydrogen-bond donors (Lipinski definition) is 0. The fourth-order valence-corrected chi connectivity index (χ4v) is 0.788. The van der Waals surface area contributed by atoms with Crippen LogP contribution in [-0.4, -0.2) is 52.4 Å². The van der Waals surface area contributed by atoms with Crippen molar-refractivity contribution in [1.82, 2.24) is 0 Å². The van der Waals surface area contributed by atoms with E-state index in [0.29, 0.717) is 23.7 Å². The summed E-state index contributed by atoms with van der Waals surface area (Å²) in [5.41, 5.74) is 0. The largest absolute Gasteiger partial charge is 2.00 e. The van der Waals surface area contributed by atoms with Gasteiger partial charge in [0.1, 0.15) is 0 Å². The molecule has 0 aromatic carbocycles. The predicted octanol–water partition coefficient (Wildman–Crippen LogP) is 7.24. The summed E-state index contributed by atoms with van der Waals surface area (Å²) < 4.78 is 0. The summed E-state index contributed by atoms with van der Waals surface area (Å²) in [6.45, 7) is 34.5. The summed E-state index contributed by atoms with van der Waals surface area (Å²) in [4.78, 5) is 8.24. The molecule has 166 valence electrons. The molecule has 0 saturated carbocycles. The van der Waals surface area contributed by atoms with E-state index >= 15 is 0 Å². The van der Waals surface area contributed by atoms with Crippen LogP contribution >= 0.6 is 15.8 Å². The molecule has 0 rings (SSSR count). The summed E-state index contributed by atoms with van der Waals surface area (Å²) >= 11 is 0. The first-order valence-electron chi connectivity index (χ1n) is 9.98. The van der Waals surface area contributed by atoms with E-state index in [0.717, 1.165) is 0 Å². The van der Waals surface area contributed by atoms with Gasteiger partial charge in [0.2, 0.25) is 0 Å². The standard InChI is InChI=1S/2C8H16N.2C3H9P.Ru/c2*1-7(2)5-9-6-8(3)4;2*1-4(2)3;/h2*5-8H,1-4H3;2*1-3H3;/q2*-1;;;+2/p+2. The van der Waals surface area contributed by atoms with Gasteiger partial charge in [0, 0.05) is 40.0 Å². The summed E-state index contributed by atoms with van der Waals surface area (Å²) in [5.74, 6) is 2.28. The Morgan fingerprint density at radius 3 is 0.852 bits per heavy atom. The maximum Gasteiger partial charge on any atom is 2.00 e. The first-order chi connectivity index (χ1) is 11.7. The van der Waals surface area contributed by atoms with Gasteiger partial charge in [0.05, 0.1) is 0 Å². The van der Waals surface area contributed by atoms with Crippen molar-refractivity contribution in [2.45, 2.75) is 55.4 Å². The third-order valence-corrected chi connectivity index (χ3v) is 1.54. The molecule has 0 bridgehead atoms. The van der Waals surface area contributed by atoms with Gasteiger partial charge in [-0.3, -0.25) is 0 Å². The fourth-order valence-electron chi connectivity index (χ4n) is 0.788. The molecule has 0 heterocycles. The Kier molecular flexibility index (Phi) is 40.7. The average Bonchev–Trinajstić information content (AvgIpc) is 2.35. The molecule has 0 unspecified atom stereocenters. The van der Waals surface area contributed by atoms with Gasteiger partial charge in [-0.05, 0) is 15.8 Å². The van der Waals surface area contributed by atoms with Gasteiger partial charge in [-0.1, -0.05) is 79.1 Å². The van der Waals surface area contributed by atoms with Gasteiger partial charge in [0.25, 0.3) is 0 Å². The molecular weight excluding hydrogens is 455 g/mol. The topological polar surface area (TPSA) is 24.7 Å². The van der Waals surface area contributed by atoms with Gasteiger partial charge in [-0.15, -0.1) is 25.5 Å². The summed E-state index contributed by atoms with van der Waals surface area (Å²) in [7, 11) is 0.241. The predicted molar refractivity (Wildman–Crippen MR) is 137 cm³/mol. The Hall–Kier alpha value is 0.563.